The van der Waals surface area contributed by atoms with Crippen molar-refractivity contribution in [3.05, 3.63) is 60.2 Å². The molecule has 0 spiro atoms. The Morgan fingerprint density at radius 2 is 1.80 bits per heavy atom. The second-order valence-corrected chi connectivity index (χ2v) is 4.15. The topological polar surface area (TPSA) is 47.6 Å². The van der Waals surface area contributed by atoms with E-state index >= 15 is 0 Å². The number of hydrogen-bond donors (Lipinski definition) is 1. The second-order valence-electron chi connectivity index (χ2n) is 4.15. The average molecular weight is 271 g/mol. The van der Waals surface area contributed by atoms with Gasteiger partial charge in [0.2, 0.25) is 0 Å². The maximum atomic E-state index is 11.9. The monoisotopic (exact) mass is 271 g/mol. The summed E-state index contributed by atoms with van der Waals surface area (Å²) in [6, 6.07) is 16.5. The molecule has 0 aliphatic carbocycles. The number of methoxy groups -OCH3 is 1. The highest BCUT2D eigenvalue weighted by Crippen LogP contribution is 2.12. The molecule has 0 aliphatic rings. The van der Waals surface area contributed by atoms with E-state index in [4.69, 9.17) is 9.47 Å². The van der Waals surface area contributed by atoms with Crippen molar-refractivity contribution in [3.63, 3.8) is 0 Å². The van der Waals surface area contributed by atoms with Crippen molar-refractivity contribution in [2.75, 3.05) is 20.3 Å². The van der Waals surface area contributed by atoms with Crippen LogP contribution in [0, 0.1) is 0 Å². The molecule has 4 heteroatoms. The van der Waals surface area contributed by atoms with Gasteiger partial charge in [0.15, 0.2) is 0 Å². The number of amides is 1. The van der Waals surface area contributed by atoms with Crippen molar-refractivity contribution in [3.8, 4) is 11.5 Å². The number of ether oxygens (including phenoxy) is 2. The molecular formula is C16H17NO3. The van der Waals surface area contributed by atoms with E-state index in [1.165, 1.54) is 0 Å². The minimum Gasteiger partial charge on any atom is -0.497 e. The predicted octanol–water partition coefficient (Wildman–Crippen LogP) is 2.50. The van der Waals surface area contributed by atoms with E-state index < -0.39 is 0 Å². The molecule has 0 saturated heterocycles. The van der Waals surface area contributed by atoms with Gasteiger partial charge in [-0.05, 0) is 30.3 Å². The van der Waals surface area contributed by atoms with Crippen molar-refractivity contribution in [1.82, 2.24) is 5.32 Å². The standard InChI is InChI=1S/C16H17NO3/c1-19-15-9-5-6-13(12-15)16(18)17-10-11-20-14-7-3-2-4-8-14/h2-9,12H,10-11H2,1H3,(H,17,18). The second kappa shape index (κ2) is 7.19. The molecule has 2 rings (SSSR count). The fourth-order valence-electron chi connectivity index (χ4n) is 1.72. The molecular weight excluding hydrogens is 254 g/mol. The van der Waals surface area contributed by atoms with Crippen LogP contribution in [0.4, 0.5) is 0 Å². The zero-order valence-electron chi connectivity index (χ0n) is 11.3. The summed E-state index contributed by atoms with van der Waals surface area (Å²) < 4.78 is 10.6. The van der Waals surface area contributed by atoms with Crippen molar-refractivity contribution in [2.45, 2.75) is 0 Å². The molecule has 2 aromatic rings. The number of carbonyl (C=O) groups is 1. The molecule has 0 saturated carbocycles. The van der Waals surface area contributed by atoms with Gasteiger partial charge in [-0.25, -0.2) is 0 Å². The van der Waals surface area contributed by atoms with Crippen LogP contribution in [0.5, 0.6) is 11.5 Å². The van der Waals surface area contributed by atoms with Gasteiger partial charge in [0, 0.05) is 5.56 Å². The van der Waals surface area contributed by atoms with E-state index in [2.05, 4.69) is 5.32 Å². The largest absolute Gasteiger partial charge is 0.497 e. The lowest BCUT2D eigenvalue weighted by Crippen LogP contribution is -2.28. The van der Waals surface area contributed by atoms with Crippen LogP contribution in [0.25, 0.3) is 0 Å². The predicted molar refractivity (Wildman–Crippen MR) is 77.3 cm³/mol. The van der Waals surface area contributed by atoms with E-state index in [0.717, 1.165) is 5.75 Å². The van der Waals surface area contributed by atoms with Crippen LogP contribution in [-0.4, -0.2) is 26.2 Å². The molecule has 0 heterocycles. The van der Waals surface area contributed by atoms with E-state index in [1.807, 2.05) is 30.3 Å². The van der Waals surface area contributed by atoms with Crippen LogP contribution in [0.2, 0.25) is 0 Å². The Kier molecular flexibility index (Phi) is 5.00. The minimum absolute atomic E-state index is 0.138. The van der Waals surface area contributed by atoms with Gasteiger partial charge in [-0.2, -0.15) is 0 Å². The first-order chi connectivity index (χ1) is 9.79. The fraction of sp³-hybridized carbons (Fsp3) is 0.188. The third-order valence-corrected chi connectivity index (χ3v) is 2.73. The summed E-state index contributed by atoms with van der Waals surface area (Å²) in [5.41, 5.74) is 0.573. The molecule has 20 heavy (non-hydrogen) atoms. The molecule has 0 bridgehead atoms. The fourth-order valence-corrected chi connectivity index (χ4v) is 1.72. The molecule has 0 aliphatic heterocycles. The Morgan fingerprint density at radius 3 is 2.55 bits per heavy atom. The highest BCUT2D eigenvalue weighted by Gasteiger charge is 2.05. The van der Waals surface area contributed by atoms with Crippen molar-refractivity contribution < 1.29 is 14.3 Å². The van der Waals surface area contributed by atoms with Gasteiger partial charge in [0.25, 0.3) is 5.91 Å². The highest BCUT2D eigenvalue weighted by atomic mass is 16.5. The van der Waals surface area contributed by atoms with Gasteiger partial charge in [0.05, 0.1) is 13.7 Å². The van der Waals surface area contributed by atoms with Crippen LogP contribution >= 0.6 is 0 Å². The lowest BCUT2D eigenvalue weighted by molar-refractivity contribution is 0.0946. The summed E-state index contributed by atoms with van der Waals surface area (Å²) in [4.78, 5) is 11.9. The smallest absolute Gasteiger partial charge is 0.251 e. The highest BCUT2D eigenvalue weighted by molar-refractivity contribution is 5.94. The molecule has 0 fully saturated rings. The maximum absolute atomic E-state index is 11.9. The lowest BCUT2D eigenvalue weighted by Gasteiger charge is -2.08. The summed E-state index contributed by atoms with van der Waals surface area (Å²) in [5, 5.41) is 2.80. The maximum Gasteiger partial charge on any atom is 0.251 e. The van der Waals surface area contributed by atoms with E-state index in [-0.39, 0.29) is 5.91 Å². The first kappa shape index (κ1) is 13.9. The Morgan fingerprint density at radius 1 is 1.05 bits per heavy atom. The molecule has 4 nitrogen and oxygen atoms in total. The quantitative estimate of drug-likeness (QED) is 0.821. The van der Waals surface area contributed by atoms with Crippen molar-refractivity contribution >= 4 is 5.91 Å². The molecule has 0 aromatic heterocycles. The third kappa shape index (κ3) is 4.02. The third-order valence-electron chi connectivity index (χ3n) is 2.73. The first-order valence-corrected chi connectivity index (χ1v) is 6.39. The summed E-state index contributed by atoms with van der Waals surface area (Å²) in [5.74, 6) is 1.32. The van der Waals surface area contributed by atoms with E-state index in [0.29, 0.717) is 24.5 Å². The van der Waals surface area contributed by atoms with E-state index in [1.54, 1.807) is 31.4 Å². The van der Waals surface area contributed by atoms with Crippen LogP contribution in [-0.2, 0) is 0 Å². The Balaban J connectivity index is 1.77. The van der Waals surface area contributed by atoms with Crippen LogP contribution in [0.1, 0.15) is 10.4 Å². The summed E-state index contributed by atoms with van der Waals surface area (Å²) in [6.07, 6.45) is 0. The SMILES string of the molecule is COc1cccc(C(=O)NCCOc2ccccc2)c1. The summed E-state index contributed by atoms with van der Waals surface area (Å²) in [6.45, 7) is 0.880. The molecule has 0 unspecified atom stereocenters. The molecule has 104 valence electrons. The number of para-hydroxylation sites is 1. The normalized spacial score (nSPS) is 9.85. The minimum atomic E-state index is -0.138. The molecule has 1 amide bonds. The molecule has 2 aromatic carbocycles. The van der Waals surface area contributed by atoms with Gasteiger partial charge in [-0.15, -0.1) is 0 Å². The van der Waals surface area contributed by atoms with E-state index in [9.17, 15) is 4.79 Å². The van der Waals surface area contributed by atoms with Crippen molar-refractivity contribution in [2.24, 2.45) is 0 Å². The average Bonchev–Trinajstić information content (AvgIpc) is 2.52. The van der Waals surface area contributed by atoms with Gasteiger partial charge in [-0.3, -0.25) is 4.79 Å². The number of carbonyl (C=O) groups excluding carboxylic acids is 1. The zero-order valence-corrected chi connectivity index (χ0v) is 11.3. The molecule has 0 radical (unpaired) electrons. The van der Waals surface area contributed by atoms with Gasteiger partial charge < -0.3 is 14.8 Å². The molecule has 1 N–H and O–H groups in total. The Bertz CT molecular complexity index is 555. The number of rotatable bonds is 6. The van der Waals surface area contributed by atoms with Gasteiger partial charge in [-0.1, -0.05) is 24.3 Å². The lowest BCUT2D eigenvalue weighted by atomic mass is 10.2. The number of benzene rings is 2. The van der Waals surface area contributed by atoms with Crippen LogP contribution in [0.15, 0.2) is 54.6 Å². The number of hydrogen-bond acceptors (Lipinski definition) is 3. The summed E-state index contributed by atoms with van der Waals surface area (Å²) >= 11 is 0. The Hall–Kier alpha value is -2.49. The molecule has 0 atom stereocenters. The number of nitrogens with one attached hydrogen (secondary N) is 1. The van der Waals surface area contributed by atoms with Crippen LogP contribution < -0.4 is 14.8 Å². The Labute approximate surface area is 118 Å². The van der Waals surface area contributed by atoms with Gasteiger partial charge in [0.1, 0.15) is 18.1 Å². The van der Waals surface area contributed by atoms with Crippen LogP contribution in [0.3, 0.4) is 0 Å². The van der Waals surface area contributed by atoms with Gasteiger partial charge >= 0.3 is 0 Å². The zero-order chi connectivity index (χ0) is 14.2. The first-order valence-electron chi connectivity index (χ1n) is 6.39. The van der Waals surface area contributed by atoms with Crippen molar-refractivity contribution in [1.29, 1.82) is 0 Å². The summed E-state index contributed by atoms with van der Waals surface area (Å²) in [7, 11) is 1.57.